The van der Waals surface area contributed by atoms with Crippen molar-refractivity contribution in [2.45, 2.75) is 45.7 Å². The summed E-state index contributed by atoms with van der Waals surface area (Å²) in [5.41, 5.74) is -2.13. The van der Waals surface area contributed by atoms with Gasteiger partial charge in [0.25, 0.3) is 0 Å². The number of halogens is 1. The van der Waals surface area contributed by atoms with Gasteiger partial charge in [-0.15, -0.1) is 0 Å². The van der Waals surface area contributed by atoms with Gasteiger partial charge in [-0.2, -0.15) is 0 Å². The van der Waals surface area contributed by atoms with Crippen LogP contribution in [0.25, 0.3) is 0 Å². The molecule has 0 aromatic heterocycles. The van der Waals surface area contributed by atoms with Crippen molar-refractivity contribution in [3.63, 3.8) is 0 Å². The topological polar surface area (TPSA) is 74.6 Å². The molecule has 0 saturated heterocycles. The van der Waals surface area contributed by atoms with Crippen LogP contribution in [0, 0.1) is 5.92 Å². The van der Waals surface area contributed by atoms with Gasteiger partial charge < -0.3 is 9.79 Å². The maximum absolute atomic E-state index is 13.8. The average Bonchev–Trinajstić information content (AvgIpc) is 1.99. The van der Waals surface area contributed by atoms with Gasteiger partial charge in [0.2, 0.25) is 0 Å². The quantitative estimate of drug-likeness (QED) is 0.683. The van der Waals surface area contributed by atoms with Gasteiger partial charge in [0.15, 0.2) is 11.5 Å². The zero-order valence-corrected chi connectivity index (χ0v) is 10.8. The van der Waals surface area contributed by atoms with Crippen molar-refractivity contribution >= 4 is 13.4 Å². The maximum atomic E-state index is 13.8. The van der Waals surface area contributed by atoms with Gasteiger partial charge in [-0.05, 0) is 25.7 Å². The Morgan fingerprint density at radius 3 is 2.31 bits per heavy atom. The van der Waals surface area contributed by atoms with Gasteiger partial charge in [-0.3, -0.25) is 9.36 Å². The molecule has 0 bridgehead atoms. The molecule has 1 unspecified atom stereocenters. The maximum Gasteiger partial charge on any atom is 0.333 e. The smallest absolute Gasteiger partial charge is 0.324 e. The molecule has 0 aromatic carbocycles. The second kappa shape index (κ2) is 5.89. The predicted molar refractivity (Wildman–Crippen MR) is 60.1 cm³/mol. The Morgan fingerprint density at radius 1 is 1.44 bits per heavy atom. The Bertz CT molecular complexity index is 283. The van der Waals surface area contributed by atoms with Crippen LogP contribution in [0.5, 0.6) is 0 Å². The molecular formula is C10H20FO4P. The Morgan fingerprint density at radius 2 is 1.94 bits per heavy atom. The van der Waals surface area contributed by atoms with Crippen molar-refractivity contribution in [2.75, 3.05) is 6.16 Å². The Labute approximate surface area is 95.4 Å². The summed E-state index contributed by atoms with van der Waals surface area (Å²) in [6.07, 6.45) is 0.339. The Kier molecular flexibility index (Phi) is 5.80. The van der Waals surface area contributed by atoms with Crippen LogP contribution in [0.4, 0.5) is 4.39 Å². The highest BCUT2D eigenvalue weighted by molar-refractivity contribution is 7.52. The Balaban J connectivity index is 4.21. The van der Waals surface area contributed by atoms with Crippen molar-refractivity contribution in [3.05, 3.63) is 0 Å². The van der Waals surface area contributed by atoms with Crippen molar-refractivity contribution in [1.82, 2.24) is 0 Å². The highest BCUT2D eigenvalue weighted by Gasteiger charge is 2.36. The van der Waals surface area contributed by atoms with Crippen LogP contribution < -0.4 is 0 Å². The van der Waals surface area contributed by atoms with Crippen molar-refractivity contribution in [3.8, 4) is 0 Å². The van der Waals surface area contributed by atoms with Crippen LogP contribution in [0.3, 0.4) is 0 Å². The lowest BCUT2D eigenvalue weighted by molar-refractivity contribution is -0.127. The van der Waals surface area contributed by atoms with Crippen LogP contribution in [0.15, 0.2) is 0 Å². The van der Waals surface area contributed by atoms with Crippen LogP contribution in [-0.4, -0.2) is 27.4 Å². The first-order valence-corrected chi connectivity index (χ1v) is 7.11. The summed E-state index contributed by atoms with van der Waals surface area (Å²) in [5, 5.41) is 0. The minimum absolute atomic E-state index is 0.0179. The van der Waals surface area contributed by atoms with Gasteiger partial charge in [-0.25, -0.2) is 4.39 Å². The highest BCUT2D eigenvalue weighted by Crippen LogP contribution is 2.37. The van der Waals surface area contributed by atoms with E-state index in [0.29, 0.717) is 12.3 Å². The van der Waals surface area contributed by atoms with E-state index in [9.17, 15) is 13.8 Å². The number of carbonyl (C=O) groups is 1. The van der Waals surface area contributed by atoms with E-state index in [0.717, 1.165) is 13.3 Å². The van der Waals surface area contributed by atoms with E-state index in [2.05, 4.69) is 0 Å². The monoisotopic (exact) mass is 254 g/mol. The van der Waals surface area contributed by atoms with Crippen LogP contribution in [0.1, 0.15) is 40.0 Å². The SMILES string of the molecule is CC(C)CCCC(C)(F)C(=O)CP(=O)(O)O. The minimum atomic E-state index is -4.46. The summed E-state index contributed by atoms with van der Waals surface area (Å²) in [6.45, 7) is 5.07. The molecule has 96 valence electrons. The average molecular weight is 254 g/mol. The molecule has 6 heteroatoms. The largest absolute Gasteiger partial charge is 0.333 e. The van der Waals surface area contributed by atoms with Gasteiger partial charge in [0.1, 0.15) is 6.16 Å². The predicted octanol–water partition coefficient (Wildman–Crippen LogP) is 2.29. The molecule has 0 amide bonds. The lowest BCUT2D eigenvalue weighted by Crippen LogP contribution is -2.32. The molecule has 0 rings (SSSR count). The zero-order valence-electron chi connectivity index (χ0n) is 9.94. The molecule has 0 aliphatic heterocycles. The van der Waals surface area contributed by atoms with Crippen LogP contribution >= 0.6 is 7.60 Å². The third-order valence-electron chi connectivity index (χ3n) is 2.36. The molecular weight excluding hydrogens is 234 g/mol. The second-order valence-electron chi connectivity index (χ2n) is 4.73. The number of carbonyl (C=O) groups excluding carboxylic acids is 1. The number of alkyl halides is 1. The third-order valence-corrected chi connectivity index (χ3v) is 3.06. The molecule has 0 radical (unpaired) electrons. The fourth-order valence-corrected chi connectivity index (χ4v) is 2.04. The summed E-state index contributed by atoms with van der Waals surface area (Å²) >= 11 is 0. The summed E-state index contributed by atoms with van der Waals surface area (Å²) < 4.78 is 24.3. The number of rotatable bonds is 7. The van der Waals surface area contributed by atoms with Gasteiger partial charge >= 0.3 is 7.60 Å². The first-order valence-electron chi connectivity index (χ1n) is 5.31. The fourth-order valence-electron chi connectivity index (χ4n) is 1.33. The molecule has 0 aliphatic rings. The molecule has 0 heterocycles. The first-order chi connectivity index (χ1) is 7.04. The van der Waals surface area contributed by atoms with Gasteiger partial charge in [0, 0.05) is 0 Å². The van der Waals surface area contributed by atoms with Crippen molar-refractivity contribution < 1.29 is 23.5 Å². The van der Waals surface area contributed by atoms with Gasteiger partial charge in [0.05, 0.1) is 0 Å². The fraction of sp³-hybridized carbons (Fsp3) is 0.900. The lowest BCUT2D eigenvalue weighted by Gasteiger charge is -2.19. The summed E-state index contributed by atoms with van der Waals surface area (Å²) in [5.74, 6) is -0.586. The molecule has 0 aromatic rings. The number of Topliss-reactive ketones (excluding diaryl/α,β-unsaturated/α-hetero) is 1. The van der Waals surface area contributed by atoms with Crippen molar-refractivity contribution in [1.29, 1.82) is 0 Å². The standard InChI is InChI=1S/C10H20FO4P/c1-8(2)5-4-6-10(3,11)9(12)7-16(13,14)15/h8H,4-7H2,1-3H3,(H2,13,14,15). The van der Waals surface area contributed by atoms with E-state index >= 15 is 0 Å². The number of hydrogen-bond acceptors (Lipinski definition) is 2. The van der Waals surface area contributed by atoms with E-state index < -0.39 is 25.2 Å². The highest BCUT2D eigenvalue weighted by atomic mass is 31.2. The third kappa shape index (κ3) is 7.09. The molecule has 0 saturated carbocycles. The molecule has 1 atom stereocenters. The van der Waals surface area contributed by atoms with Crippen molar-refractivity contribution in [2.24, 2.45) is 5.92 Å². The van der Waals surface area contributed by atoms with Gasteiger partial charge in [-0.1, -0.05) is 20.3 Å². The zero-order chi connectivity index (χ0) is 13.0. The van der Waals surface area contributed by atoms with E-state index in [1.165, 1.54) is 0 Å². The molecule has 0 spiro atoms. The normalized spacial score (nSPS) is 16.2. The van der Waals surface area contributed by atoms with Crippen LogP contribution in [0.2, 0.25) is 0 Å². The molecule has 2 N–H and O–H groups in total. The summed E-state index contributed by atoms with van der Waals surface area (Å²) in [4.78, 5) is 28.5. The second-order valence-corrected chi connectivity index (χ2v) is 6.38. The van der Waals surface area contributed by atoms with E-state index in [1.807, 2.05) is 13.8 Å². The van der Waals surface area contributed by atoms with E-state index in [4.69, 9.17) is 9.79 Å². The van der Waals surface area contributed by atoms with E-state index in [1.54, 1.807) is 0 Å². The van der Waals surface area contributed by atoms with E-state index in [-0.39, 0.29) is 6.42 Å². The lowest BCUT2D eigenvalue weighted by atomic mass is 9.94. The molecule has 16 heavy (non-hydrogen) atoms. The molecule has 0 fully saturated rings. The Hall–Kier alpha value is -0.250. The molecule has 4 nitrogen and oxygen atoms in total. The minimum Gasteiger partial charge on any atom is -0.324 e. The van der Waals surface area contributed by atoms with Crippen LogP contribution in [-0.2, 0) is 9.36 Å². The first kappa shape index (κ1) is 15.8. The summed E-state index contributed by atoms with van der Waals surface area (Å²) in [6, 6.07) is 0. The summed E-state index contributed by atoms with van der Waals surface area (Å²) in [7, 11) is -4.46. The molecule has 0 aliphatic carbocycles. The number of ketones is 1. The number of hydrogen-bond donors (Lipinski definition) is 2.